The zero-order valence-corrected chi connectivity index (χ0v) is 12.2. The van der Waals surface area contributed by atoms with Crippen LogP contribution in [0.5, 0.6) is 0 Å². The number of rotatable bonds is 4. The van der Waals surface area contributed by atoms with Gasteiger partial charge in [0.25, 0.3) is 0 Å². The van der Waals surface area contributed by atoms with Gasteiger partial charge < -0.3 is 10.2 Å². The van der Waals surface area contributed by atoms with Crippen LogP contribution in [0.4, 0.5) is 11.4 Å². The predicted octanol–water partition coefficient (Wildman–Crippen LogP) is 3.92. The topological polar surface area (TPSA) is 15.3 Å². The molecule has 0 fully saturated rings. The molecule has 2 rings (SSSR count). The fraction of sp³-hybridized carbons (Fsp3) is 0.625. The summed E-state index contributed by atoms with van der Waals surface area (Å²) in [6.07, 6.45) is 2.47. The molecule has 100 valence electrons. The van der Waals surface area contributed by atoms with Crippen molar-refractivity contribution in [1.29, 1.82) is 0 Å². The van der Waals surface area contributed by atoms with Gasteiger partial charge in [-0.2, -0.15) is 0 Å². The molecule has 1 heterocycles. The van der Waals surface area contributed by atoms with E-state index in [2.05, 4.69) is 56.1 Å². The molecule has 0 aliphatic carbocycles. The fourth-order valence-electron chi connectivity index (χ4n) is 2.64. The Kier molecular flexibility index (Phi) is 4.15. The molecule has 0 spiro atoms. The van der Waals surface area contributed by atoms with Gasteiger partial charge in [0.1, 0.15) is 0 Å². The molecule has 1 aromatic carbocycles. The van der Waals surface area contributed by atoms with E-state index in [-0.39, 0.29) is 0 Å². The van der Waals surface area contributed by atoms with E-state index in [0.717, 1.165) is 13.1 Å². The van der Waals surface area contributed by atoms with Gasteiger partial charge in [-0.15, -0.1) is 0 Å². The second-order valence-corrected chi connectivity index (χ2v) is 6.01. The first kappa shape index (κ1) is 13.3. The second kappa shape index (κ2) is 5.64. The van der Waals surface area contributed by atoms with Crippen LogP contribution in [0.25, 0.3) is 0 Å². The van der Waals surface area contributed by atoms with Crippen LogP contribution in [0.2, 0.25) is 0 Å². The molecule has 0 saturated heterocycles. The summed E-state index contributed by atoms with van der Waals surface area (Å²) < 4.78 is 0. The van der Waals surface area contributed by atoms with Gasteiger partial charge in [-0.05, 0) is 50.3 Å². The summed E-state index contributed by atoms with van der Waals surface area (Å²) >= 11 is 0. The predicted molar refractivity (Wildman–Crippen MR) is 80.6 cm³/mol. The molecular formula is C16H26N2. The third kappa shape index (κ3) is 2.98. The highest BCUT2D eigenvalue weighted by atomic mass is 15.2. The number of hydrogen-bond acceptors (Lipinski definition) is 2. The normalized spacial score (nSPS) is 14.6. The number of aryl methyl sites for hydroxylation is 1. The van der Waals surface area contributed by atoms with Crippen molar-refractivity contribution in [3.05, 3.63) is 23.8 Å². The van der Waals surface area contributed by atoms with E-state index < -0.39 is 0 Å². The number of nitrogens with one attached hydrogen (secondary N) is 1. The summed E-state index contributed by atoms with van der Waals surface area (Å²) in [6.45, 7) is 11.3. The van der Waals surface area contributed by atoms with Crippen LogP contribution in [0.15, 0.2) is 18.2 Å². The van der Waals surface area contributed by atoms with Crippen molar-refractivity contribution in [3.63, 3.8) is 0 Å². The summed E-state index contributed by atoms with van der Waals surface area (Å²) in [5.41, 5.74) is 4.17. The number of hydrogen-bond donors (Lipinski definition) is 1. The van der Waals surface area contributed by atoms with Crippen LogP contribution in [-0.2, 0) is 6.42 Å². The minimum atomic E-state index is 0.550. The molecule has 0 bridgehead atoms. The van der Waals surface area contributed by atoms with Gasteiger partial charge in [-0.1, -0.05) is 19.9 Å². The molecule has 0 amide bonds. The van der Waals surface area contributed by atoms with E-state index in [0.29, 0.717) is 12.0 Å². The Labute approximate surface area is 111 Å². The number of nitrogens with zero attached hydrogens (tertiary/aromatic N) is 1. The Morgan fingerprint density at radius 3 is 2.67 bits per heavy atom. The SMILES string of the molecule is CC(C)CN(c1ccc2c(c1)NCCC2)C(C)C. The lowest BCUT2D eigenvalue weighted by Gasteiger charge is -2.32. The maximum absolute atomic E-state index is 3.52. The fourth-order valence-corrected chi connectivity index (χ4v) is 2.64. The molecule has 18 heavy (non-hydrogen) atoms. The molecule has 2 heteroatoms. The lowest BCUT2D eigenvalue weighted by atomic mass is 10.0. The Hall–Kier alpha value is -1.18. The Morgan fingerprint density at radius 2 is 2.00 bits per heavy atom. The van der Waals surface area contributed by atoms with Gasteiger partial charge in [-0.3, -0.25) is 0 Å². The van der Waals surface area contributed by atoms with Crippen LogP contribution in [0.3, 0.4) is 0 Å². The third-order valence-electron chi connectivity index (χ3n) is 3.55. The molecule has 0 unspecified atom stereocenters. The van der Waals surface area contributed by atoms with Gasteiger partial charge in [0, 0.05) is 30.5 Å². The average Bonchev–Trinajstić information content (AvgIpc) is 2.35. The highest BCUT2D eigenvalue weighted by molar-refractivity contribution is 5.63. The first-order valence-electron chi connectivity index (χ1n) is 7.21. The number of anilines is 2. The van der Waals surface area contributed by atoms with Crippen LogP contribution < -0.4 is 10.2 Å². The lowest BCUT2D eigenvalue weighted by Crippen LogP contribution is -2.34. The zero-order valence-electron chi connectivity index (χ0n) is 12.2. The van der Waals surface area contributed by atoms with E-state index in [4.69, 9.17) is 0 Å². The number of fused-ring (bicyclic) bond motifs is 1. The van der Waals surface area contributed by atoms with E-state index in [1.54, 1.807) is 0 Å². The van der Waals surface area contributed by atoms with Crippen LogP contribution >= 0.6 is 0 Å². The standard InChI is InChI=1S/C16H26N2/c1-12(2)11-18(13(3)4)15-8-7-14-6-5-9-17-16(14)10-15/h7-8,10,12-13,17H,5-6,9,11H2,1-4H3. The average molecular weight is 246 g/mol. The Balaban J connectivity index is 2.24. The Bertz CT molecular complexity index is 396. The highest BCUT2D eigenvalue weighted by Crippen LogP contribution is 2.28. The van der Waals surface area contributed by atoms with Crippen molar-refractivity contribution < 1.29 is 0 Å². The molecule has 1 aliphatic rings. The summed E-state index contributed by atoms with van der Waals surface area (Å²) in [5.74, 6) is 0.691. The quantitative estimate of drug-likeness (QED) is 0.866. The molecule has 1 N–H and O–H groups in total. The molecule has 2 nitrogen and oxygen atoms in total. The van der Waals surface area contributed by atoms with Crippen LogP contribution in [0.1, 0.15) is 39.7 Å². The van der Waals surface area contributed by atoms with Crippen LogP contribution in [0, 0.1) is 5.92 Å². The smallest absolute Gasteiger partial charge is 0.0393 e. The largest absolute Gasteiger partial charge is 0.385 e. The lowest BCUT2D eigenvalue weighted by molar-refractivity contribution is 0.571. The van der Waals surface area contributed by atoms with Crippen molar-refractivity contribution in [3.8, 4) is 0 Å². The van der Waals surface area contributed by atoms with Gasteiger partial charge in [0.15, 0.2) is 0 Å². The highest BCUT2D eigenvalue weighted by Gasteiger charge is 2.15. The monoisotopic (exact) mass is 246 g/mol. The summed E-state index contributed by atoms with van der Waals surface area (Å²) in [6, 6.07) is 7.46. The van der Waals surface area contributed by atoms with Crippen LogP contribution in [-0.4, -0.2) is 19.1 Å². The van der Waals surface area contributed by atoms with Gasteiger partial charge in [0.05, 0.1) is 0 Å². The third-order valence-corrected chi connectivity index (χ3v) is 3.55. The van der Waals surface area contributed by atoms with E-state index in [1.165, 1.54) is 29.8 Å². The molecule has 1 aliphatic heterocycles. The van der Waals surface area contributed by atoms with E-state index in [9.17, 15) is 0 Å². The molecular weight excluding hydrogens is 220 g/mol. The van der Waals surface area contributed by atoms with Gasteiger partial charge >= 0.3 is 0 Å². The first-order chi connectivity index (χ1) is 8.58. The maximum Gasteiger partial charge on any atom is 0.0393 e. The summed E-state index contributed by atoms with van der Waals surface area (Å²) in [7, 11) is 0. The first-order valence-corrected chi connectivity index (χ1v) is 7.21. The molecule has 0 aromatic heterocycles. The van der Waals surface area contributed by atoms with E-state index >= 15 is 0 Å². The van der Waals surface area contributed by atoms with Gasteiger partial charge in [0.2, 0.25) is 0 Å². The molecule has 1 aromatic rings. The molecule has 0 saturated carbocycles. The zero-order chi connectivity index (χ0) is 13.1. The molecule has 0 atom stereocenters. The van der Waals surface area contributed by atoms with E-state index in [1.807, 2.05) is 0 Å². The minimum absolute atomic E-state index is 0.550. The minimum Gasteiger partial charge on any atom is -0.385 e. The van der Waals surface area contributed by atoms with Crippen molar-refractivity contribution >= 4 is 11.4 Å². The maximum atomic E-state index is 3.52. The van der Waals surface area contributed by atoms with Crippen molar-refractivity contribution in [1.82, 2.24) is 0 Å². The van der Waals surface area contributed by atoms with Crippen molar-refractivity contribution in [2.45, 2.75) is 46.6 Å². The second-order valence-electron chi connectivity index (χ2n) is 6.01. The summed E-state index contributed by atoms with van der Waals surface area (Å²) in [5, 5.41) is 3.52. The van der Waals surface area contributed by atoms with Gasteiger partial charge in [-0.25, -0.2) is 0 Å². The van der Waals surface area contributed by atoms with Crippen molar-refractivity contribution in [2.24, 2.45) is 5.92 Å². The Morgan fingerprint density at radius 1 is 1.22 bits per heavy atom. The summed E-state index contributed by atoms with van der Waals surface area (Å²) in [4.78, 5) is 2.50. The van der Waals surface area contributed by atoms with Crippen molar-refractivity contribution in [2.75, 3.05) is 23.3 Å². The molecule has 0 radical (unpaired) electrons. The number of benzene rings is 1.